The third-order valence-corrected chi connectivity index (χ3v) is 4.57. The van der Waals surface area contributed by atoms with Crippen molar-refractivity contribution in [2.24, 2.45) is 16.6 Å². The van der Waals surface area contributed by atoms with Gasteiger partial charge in [0.25, 0.3) is 0 Å². The highest BCUT2D eigenvalue weighted by molar-refractivity contribution is 7.15. The Hall–Kier alpha value is -2.52. The van der Waals surface area contributed by atoms with Gasteiger partial charge < -0.3 is 11.1 Å². The lowest BCUT2D eigenvalue weighted by atomic mass is 10.2. The van der Waals surface area contributed by atoms with Crippen LogP contribution in [-0.4, -0.2) is 21.5 Å². The van der Waals surface area contributed by atoms with E-state index in [1.165, 1.54) is 4.88 Å². The van der Waals surface area contributed by atoms with Crippen molar-refractivity contribution in [3.63, 3.8) is 0 Å². The van der Waals surface area contributed by atoms with Gasteiger partial charge in [0.15, 0.2) is 11.6 Å². The number of nitrogens with one attached hydrogen (secondary N) is 1. The largest absolute Gasteiger partial charge is 0.387 e. The second-order valence-electron chi connectivity index (χ2n) is 5.56. The van der Waals surface area contributed by atoms with Crippen LogP contribution in [0.2, 0.25) is 0 Å². The first-order valence-corrected chi connectivity index (χ1v) is 8.19. The number of aliphatic imine (C=N–C) groups is 1. The molecule has 3 rings (SSSR count). The lowest BCUT2D eigenvalue weighted by molar-refractivity contribution is 1.11. The van der Waals surface area contributed by atoms with Crippen molar-refractivity contribution < 1.29 is 0 Å². The molecule has 6 heteroatoms. The molecule has 0 amide bonds. The number of amidine groups is 1. The molecule has 0 radical (unpaired) electrons. The number of hydrogen-bond acceptors (Lipinski definition) is 5. The van der Waals surface area contributed by atoms with Crippen LogP contribution in [0.15, 0.2) is 23.3 Å². The van der Waals surface area contributed by atoms with E-state index in [0.717, 1.165) is 17.7 Å². The molecule has 0 aromatic carbocycles. The van der Waals surface area contributed by atoms with E-state index in [4.69, 9.17) is 17.6 Å². The van der Waals surface area contributed by atoms with Crippen LogP contribution >= 0.6 is 11.3 Å². The summed E-state index contributed by atoms with van der Waals surface area (Å²) in [6.45, 7) is 2.03. The lowest BCUT2D eigenvalue weighted by Gasteiger charge is -2.04. The molecule has 2 heterocycles. The predicted octanol–water partition coefficient (Wildman–Crippen LogP) is 3.30. The first-order chi connectivity index (χ1) is 11.1. The van der Waals surface area contributed by atoms with Gasteiger partial charge in [0, 0.05) is 23.2 Å². The Kier molecular flexibility index (Phi) is 4.22. The number of hydrogen-bond donors (Lipinski definition) is 2. The Balaban J connectivity index is 1.90. The summed E-state index contributed by atoms with van der Waals surface area (Å²) < 4.78 is 0. The Bertz CT molecular complexity index is 824. The number of rotatable bonds is 5. The van der Waals surface area contributed by atoms with Gasteiger partial charge in [0.1, 0.15) is 5.84 Å². The summed E-state index contributed by atoms with van der Waals surface area (Å²) in [5.41, 5.74) is 7.11. The number of aromatic nitrogens is 2. The highest BCUT2D eigenvalue weighted by Crippen LogP contribution is 2.31. The van der Waals surface area contributed by atoms with E-state index in [-0.39, 0.29) is 0 Å². The van der Waals surface area contributed by atoms with Crippen LogP contribution in [-0.2, 0) is 0 Å². The third-order valence-electron chi connectivity index (χ3n) is 3.58. The second kappa shape index (κ2) is 6.31. The Labute approximate surface area is 139 Å². The van der Waals surface area contributed by atoms with Crippen molar-refractivity contribution in [3.05, 3.63) is 28.8 Å². The van der Waals surface area contributed by atoms with Crippen LogP contribution in [0.4, 0.5) is 5.82 Å². The van der Waals surface area contributed by atoms with Gasteiger partial charge in [-0.25, -0.2) is 15.0 Å². The normalized spacial score (nSPS) is 14.5. The predicted molar refractivity (Wildman–Crippen MR) is 94.4 cm³/mol. The molecular weight excluding hydrogens is 306 g/mol. The maximum absolute atomic E-state index is 7.95. The van der Waals surface area contributed by atoms with Crippen LogP contribution in [0.25, 0.3) is 10.7 Å². The number of thiophene rings is 1. The van der Waals surface area contributed by atoms with Crippen molar-refractivity contribution in [1.29, 1.82) is 5.41 Å². The third kappa shape index (κ3) is 3.63. The zero-order valence-corrected chi connectivity index (χ0v) is 13.7. The topological polar surface area (TPSA) is 88.0 Å². The molecule has 116 valence electrons. The lowest BCUT2D eigenvalue weighted by Crippen LogP contribution is -2.17. The molecule has 5 nitrogen and oxygen atoms in total. The fourth-order valence-corrected chi connectivity index (χ4v) is 2.99. The number of terminal acetylenes is 1. The molecule has 1 fully saturated rings. The van der Waals surface area contributed by atoms with E-state index in [0.29, 0.717) is 41.1 Å². The Morgan fingerprint density at radius 1 is 1.52 bits per heavy atom. The quantitative estimate of drug-likeness (QED) is 0.502. The minimum absolute atomic E-state index is 0.366. The molecule has 2 aromatic rings. The van der Waals surface area contributed by atoms with Crippen molar-refractivity contribution in [2.75, 3.05) is 0 Å². The van der Waals surface area contributed by atoms with E-state index in [9.17, 15) is 0 Å². The minimum Gasteiger partial charge on any atom is -0.387 e. The standard InChI is InChI=1S/C17H17N5S/c1-3-11-9-20-17(14-7-4-10(2)23-14)22-16(11)21-15(19)8-13(18)12-5-6-12/h1,4,7,9,12,18H,5-6,8H2,2H3,(H2,19,20,21,22). The molecule has 0 bridgehead atoms. The fourth-order valence-electron chi connectivity index (χ4n) is 2.18. The van der Waals surface area contributed by atoms with E-state index < -0.39 is 0 Å². The number of nitrogens with two attached hydrogens (primary N) is 1. The van der Waals surface area contributed by atoms with Crippen molar-refractivity contribution >= 4 is 28.7 Å². The van der Waals surface area contributed by atoms with Gasteiger partial charge in [-0.15, -0.1) is 17.8 Å². The maximum Gasteiger partial charge on any atom is 0.173 e. The fraction of sp³-hybridized carbons (Fsp3) is 0.294. The highest BCUT2D eigenvalue weighted by Gasteiger charge is 2.26. The van der Waals surface area contributed by atoms with Crippen molar-refractivity contribution in [1.82, 2.24) is 9.97 Å². The summed E-state index contributed by atoms with van der Waals surface area (Å²) >= 11 is 1.61. The molecule has 1 saturated carbocycles. The average Bonchev–Trinajstić information content (AvgIpc) is 3.29. The first kappa shape index (κ1) is 15.4. The number of nitrogens with zero attached hydrogens (tertiary/aromatic N) is 3. The number of aryl methyl sites for hydroxylation is 1. The van der Waals surface area contributed by atoms with Crippen LogP contribution in [0, 0.1) is 30.6 Å². The van der Waals surface area contributed by atoms with Crippen molar-refractivity contribution in [2.45, 2.75) is 26.2 Å². The Morgan fingerprint density at radius 2 is 2.30 bits per heavy atom. The van der Waals surface area contributed by atoms with Crippen LogP contribution in [0.1, 0.15) is 29.7 Å². The van der Waals surface area contributed by atoms with Gasteiger partial charge in [-0.05, 0) is 37.8 Å². The molecule has 0 unspecified atom stereocenters. The van der Waals surface area contributed by atoms with E-state index in [1.807, 2.05) is 19.1 Å². The summed E-state index contributed by atoms with van der Waals surface area (Å²) in [4.78, 5) is 15.2. The molecule has 0 saturated heterocycles. The van der Waals surface area contributed by atoms with Crippen LogP contribution in [0.5, 0.6) is 0 Å². The molecule has 2 aromatic heterocycles. The molecule has 1 aliphatic carbocycles. The van der Waals surface area contributed by atoms with Gasteiger partial charge in [-0.2, -0.15) is 0 Å². The van der Waals surface area contributed by atoms with Gasteiger partial charge in [-0.1, -0.05) is 5.92 Å². The monoisotopic (exact) mass is 323 g/mol. The van der Waals surface area contributed by atoms with E-state index in [2.05, 4.69) is 20.9 Å². The summed E-state index contributed by atoms with van der Waals surface area (Å²) in [7, 11) is 0. The van der Waals surface area contributed by atoms with E-state index >= 15 is 0 Å². The summed E-state index contributed by atoms with van der Waals surface area (Å²) in [5.74, 6) is 4.26. The van der Waals surface area contributed by atoms with Crippen LogP contribution < -0.4 is 5.73 Å². The smallest absolute Gasteiger partial charge is 0.173 e. The van der Waals surface area contributed by atoms with Crippen LogP contribution in [0.3, 0.4) is 0 Å². The summed E-state index contributed by atoms with van der Waals surface area (Å²) in [6.07, 6.45) is 9.62. The minimum atomic E-state index is 0.366. The second-order valence-corrected chi connectivity index (χ2v) is 6.85. The maximum atomic E-state index is 7.95. The zero-order chi connectivity index (χ0) is 16.4. The molecule has 1 aliphatic rings. The summed E-state index contributed by atoms with van der Waals surface area (Å²) in [6, 6.07) is 4.00. The molecule has 0 spiro atoms. The van der Waals surface area contributed by atoms with Crippen molar-refractivity contribution in [3.8, 4) is 23.0 Å². The van der Waals surface area contributed by atoms with Gasteiger partial charge in [0.05, 0.1) is 10.4 Å². The SMILES string of the molecule is C#Cc1cnc(-c2ccc(C)s2)nc1N=C(N)CC(=N)C1CC1. The van der Waals surface area contributed by atoms with Gasteiger partial charge in [0.2, 0.25) is 0 Å². The zero-order valence-electron chi connectivity index (χ0n) is 12.8. The molecule has 0 atom stereocenters. The average molecular weight is 323 g/mol. The molecular formula is C17H17N5S. The molecule has 3 N–H and O–H groups in total. The van der Waals surface area contributed by atoms with Gasteiger partial charge in [-0.3, -0.25) is 0 Å². The molecule has 0 aliphatic heterocycles. The first-order valence-electron chi connectivity index (χ1n) is 7.37. The highest BCUT2D eigenvalue weighted by atomic mass is 32.1. The Morgan fingerprint density at radius 3 is 2.91 bits per heavy atom. The molecule has 23 heavy (non-hydrogen) atoms. The summed E-state index contributed by atoms with van der Waals surface area (Å²) in [5, 5.41) is 7.95. The van der Waals surface area contributed by atoms with E-state index in [1.54, 1.807) is 17.5 Å². The van der Waals surface area contributed by atoms with Gasteiger partial charge >= 0.3 is 0 Å².